The van der Waals surface area contributed by atoms with E-state index >= 15 is 0 Å². The number of carbonyl (C=O) groups excluding carboxylic acids is 3. The molecule has 0 radical (unpaired) electrons. The van der Waals surface area contributed by atoms with Crippen LogP contribution in [0, 0.1) is 5.82 Å². The summed E-state index contributed by atoms with van der Waals surface area (Å²) in [6, 6.07) is 18.7. The van der Waals surface area contributed by atoms with Crippen LogP contribution in [0.15, 0.2) is 84.3 Å². The molecule has 200 valence electrons. The lowest BCUT2D eigenvalue weighted by Gasteiger charge is -2.17. The lowest BCUT2D eigenvalue weighted by Crippen LogP contribution is -2.36. The standard InChI is InChI=1S/C30H27FN2O5S/c1-3-9-22-14-21(15-25(37-4-2)28(22)38-19-20-10-6-5-7-11-20)16-26-29(35)33(30(36)39-26)18-27(34)32-24-13-8-12-23(31)17-24/h3,5-8,10-17H,1,4,9,18-19H2,2H3,(H,32,34)/b26-16+. The van der Waals surface area contributed by atoms with Crippen molar-refractivity contribution < 1.29 is 28.2 Å². The topological polar surface area (TPSA) is 84.9 Å². The van der Waals surface area contributed by atoms with Crippen LogP contribution >= 0.6 is 11.8 Å². The number of nitrogens with zero attached hydrogens (tertiary/aromatic N) is 1. The van der Waals surface area contributed by atoms with Gasteiger partial charge in [-0.3, -0.25) is 19.3 Å². The van der Waals surface area contributed by atoms with E-state index in [4.69, 9.17) is 9.47 Å². The summed E-state index contributed by atoms with van der Waals surface area (Å²) in [4.78, 5) is 39.0. The molecule has 0 saturated carbocycles. The van der Waals surface area contributed by atoms with E-state index in [0.717, 1.165) is 33.9 Å². The molecule has 0 bridgehead atoms. The molecule has 0 aliphatic carbocycles. The average molecular weight is 547 g/mol. The summed E-state index contributed by atoms with van der Waals surface area (Å²) in [6.07, 6.45) is 3.83. The zero-order valence-electron chi connectivity index (χ0n) is 21.3. The van der Waals surface area contributed by atoms with Crippen molar-refractivity contribution in [2.75, 3.05) is 18.5 Å². The number of thioether (sulfide) groups is 1. The number of carbonyl (C=O) groups is 3. The van der Waals surface area contributed by atoms with Crippen molar-refractivity contribution in [3.63, 3.8) is 0 Å². The second kappa shape index (κ2) is 12.9. The Balaban J connectivity index is 1.54. The molecule has 1 N–H and O–H groups in total. The van der Waals surface area contributed by atoms with Gasteiger partial charge in [0.05, 0.1) is 11.5 Å². The normalized spacial score (nSPS) is 14.0. The molecule has 0 spiro atoms. The molecule has 1 aliphatic rings. The Morgan fingerprint density at radius 1 is 1.08 bits per heavy atom. The third-order valence-electron chi connectivity index (χ3n) is 5.63. The summed E-state index contributed by atoms with van der Waals surface area (Å²) in [5.41, 5.74) is 2.68. The molecule has 9 heteroatoms. The second-order valence-electron chi connectivity index (χ2n) is 8.53. The highest BCUT2D eigenvalue weighted by molar-refractivity contribution is 8.18. The van der Waals surface area contributed by atoms with Gasteiger partial charge in [-0.1, -0.05) is 42.5 Å². The molecule has 3 amide bonds. The van der Waals surface area contributed by atoms with Gasteiger partial charge in [-0.15, -0.1) is 6.58 Å². The Hall–Kier alpha value is -4.37. The minimum Gasteiger partial charge on any atom is -0.490 e. The van der Waals surface area contributed by atoms with Gasteiger partial charge >= 0.3 is 0 Å². The Bertz CT molecular complexity index is 1420. The smallest absolute Gasteiger partial charge is 0.294 e. The maximum Gasteiger partial charge on any atom is 0.294 e. The SMILES string of the molecule is C=CCc1cc(/C=C2/SC(=O)N(CC(=O)Nc3cccc(F)c3)C2=O)cc(OCC)c1OCc1ccccc1. The Labute approximate surface area is 230 Å². The molecule has 0 aromatic heterocycles. The first kappa shape index (κ1) is 27.7. The molecule has 0 unspecified atom stereocenters. The predicted octanol–water partition coefficient (Wildman–Crippen LogP) is 6.21. The van der Waals surface area contributed by atoms with E-state index in [0.29, 0.717) is 36.7 Å². The van der Waals surface area contributed by atoms with Gasteiger partial charge in [0.15, 0.2) is 11.5 Å². The first-order valence-electron chi connectivity index (χ1n) is 12.3. The van der Waals surface area contributed by atoms with Crippen molar-refractivity contribution in [1.29, 1.82) is 0 Å². The highest BCUT2D eigenvalue weighted by atomic mass is 32.2. The van der Waals surface area contributed by atoms with Gasteiger partial charge in [0.2, 0.25) is 5.91 Å². The van der Waals surface area contributed by atoms with Crippen LogP contribution in [0.3, 0.4) is 0 Å². The number of hydrogen-bond donors (Lipinski definition) is 1. The molecule has 1 heterocycles. The van der Waals surface area contributed by atoms with Crippen molar-refractivity contribution in [3.8, 4) is 11.5 Å². The predicted molar refractivity (Wildman–Crippen MR) is 150 cm³/mol. The molecule has 1 saturated heterocycles. The third kappa shape index (κ3) is 7.14. The van der Waals surface area contributed by atoms with E-state index < -0.39 is 29.4 Å². The van der Waals surface area contributed by atoms with Crippen molar-refractivity contribution in [3.05, 3.63) is 107 Å². The van der Waals surface area contributed by atoms with E-state index in [1.807, 2.05) is 43.3 Å². The van der Waals surface area contributed by atoms with E-state index in [1.165, 1.54) is 18.2 Å². The van der Waals surface area contributed by atoms with Crippen LogP contribution in [0.5, 0.6) is 11.5 Å². The van der Waals surface area contributed by atoms with Gasteiger partial charge in [-0.25, -0.2) is 4.39 Å². The van der Waals surface area contributed by atoms with Crippen LogP contribution < -0.4 is 14.8 Å². The number of anilines is 1. The highest BCUT2D eigenvalue weighted by Gasteiger charge is 2.36. The van der Waals surface area contributed by atoms with Gasteiger partial charge < -0.3 is 14.8 Å². The molecule has 0 atom stereocenters. The Morgan fingerprint density at radius 3 is 2.59 bits per heavy atom. The average Bonchev–Trinajstić information content (AvgIpc) is 3.16. The number of imide groups is 1. The summed E-state index contributed by atoms with van der Waals surface area (Å²) >= 11 is 0.744. The third-order valence-corrected chi connectivity index (χ3v) is 6.53. The van der Waals surface area contributed by atoms with E-state index in [9.17, 15) is 18.8 Å². The zero-order valence-corrected chi connectivity index (χ0v) is 22.1. The van der Waals surface area contributed by atoms with E-state index in [2.05, 4.69) is 11.9 Å². The van der Waals surface area contributed by atoms with Crippen molar-refractivity contribution in [2.24, 2.45) is 0 Å². The summed E-state index contributed by atoms with van der Waals surface area (Å²) in [7, 11) is 0. The Kier molecular flexibility index (Phi) is 9.17. The fraction of sp³-hybridized carbons (Fsp3) is 0.167. The van der Waals surface area contributed by atoms with Crippen LogP contribution in [0.25, 0.3) is 6.08 Å². The minimum atomic E-state index is -0.615. The van der Waals surface area contributed by atoms with Crippen LogP contribution in [-0.4, -0.2) is 35.1 Å². The number of benzene rings is 3. The largest absolute Gasteiger partial charge is 0.490 e. The van der Waals surface area contributed by atoms with Gasteiger partial charge in [0.1, 0.15) is 19.0 Å². The first-order valence-corrected chi connectivity index (χ1v) is 13.1. The number of rotatable bonds is 11. The van der Waals surface area contributed by atoms with Gasteiger partial charge in [0.25, 0.3) is 11.1 Å². The molecular weight excluding hydrogens is 519 g/mol. The minimum absolute atomic E-state index is 0.170. The fourth-order valence-electron chi connectivity index (χ4n) is 3.93. The maximum atomic E-state index is 13.4. The number of halogens is 1. The monoisotopic (exact) mass is 546 g/mol. The molecule has 39 heavy (non-hydrogen) atoms. The number of allylic oxidation sites excluding steroid dienone is 1. The molecule has 1 fully saturated rings. The van der Waals surface area contributed by atoms with Gasteiger partial charge in [-0.05, 0) is 72.6 Å². The number of hydrogen-bond acceptors (Lipinski definition) is 6. The van der Waals surface area contributed by atoms with E-state index in [1.54, 1.807) is 18.2 Å². The van der Waals surface area contributed by atoms with Crippen molar-refractivity contribution in [1.82, 2.24) is 4.90 Å². The maximum absolute atomic E-state index is 13.4. The van der Waals surface area contributed by atoms with Crippen molar-refractivity contribution >= 4 is 40.6 Å². The lowest BCUT2D eigenvalue weighted by molar-refractivity contribution is -0.127. The lowest BCUT2D eigenvalue weighted by atomic mass is 10.0. The molecule has 4 rings (SSSR count). The highest BCUT2D eigenvalue weighted by Crippen LogP contribution is 2.37. The molecular formula is C30H27FN2O5S. The summed E-state index contributed by atoms with van der Waals surface area (Å²) in [5.74, 6) is -0.628. The summed E-state index contributed by atoms with van der Waals surface area (Å²) in [5, 5.41) is 1.93. The summed E-state index contributed by atoms with van der Waals surface area (Å²) in [6.45, 7) is 5.96. The first-order chi connectivity index (χ1) is 18.9. The molecule has 3 aromatic rings. The fourth-order valence-corrected chi connectivity index (χ4v) is 4.77. The molecule has 1 aliphatic heterocycles. The van der Waals surface area contributed by atoms with Crippen molar-refractivity contribution in [2.45, 2.75) is 20.0 Å². The summed E-state index contributed by atoms with van der Waals surface area (Å²) < 4.78 is 25.4. The van der Waals surface area contributed by atoms with Gasteiger partial charge in [0, 0.05) is 11.3 Å². The zero-order chi connectivity index (χ0) is 27.8. The van der Waals surface area contributed by atoms with E-state index in [-0.39, 0.29) is 10.6 Å². The molecule has 3 aromatic carbocycles. The second-order valence-corrected chi connectivity index (χ2v) is 9.53. The number of nitrogens with one attached hydrogen (secondary N) is 1. The number of ether oxygens (including phenoxy) is 2. The van der Waals surface area contributed by atoms with Crippen LogP contribution in [0.1, 0.15) is 23.6 Å². The quantitative estimate of drug-likeness (QED) is 0.228. The molecule has 7 nitrogen and oxygen atoms in total. The van der Waals surface area contributed by atoms with Crippen LogP contribution in [0.4, 0.5) is 14.9 Å². The Morgan fingerprint density at radius 2 is 1.87 bits per heavy atom. The van der Waals surface area contributed by atoms with Crippen LogP contribution in [-0.2, 0) is 22.6 Å². The van der Waals surface area contributed by atoms with Gasteiger partial charge in [-0.2, -0.15) is 0 Å². The van der Waals surface area contributed by atoms with Crippen LogP contribution in [0.2, 0.25) is 0 Å². The number of amides is 3.